The van der Waals surface area contributed by atoms with Crippen molar-refractivity contribution < 1.29 is 14.4 Å². The smallest absolute Gasteiger partial charge is 0.313 e. The lowest BCUT2D eigenvalue weighted by atomic mass is 10.0. The first-order valence-electron chi connectivity index (χ1n) is 8.47. The van der Waals surface area contributed by atoms with Crippen molar-refractivity contribution >= 4 is 29.4 Å². The number of primary amides is 1. The van der Waals surface area contributed by atoms with Crippen molar-refractivity contribution in [2.24, 2.45) is 11.7 Å². The van der Waals surface area contributed by atoms with Gasteiger partial charge in [-0.25, -0.2) is 4.79 Å². The lowest BCUT2D eigenvalue weighted by Crippen LogP contribution is -2.56. The Labute approximate surface area is 148 Å². The maximum Gasteiger partial charge on any atom is 0.313 e. The molecule has 3 aliphatic rings. The SMILES string of the molecule is NC(=O)NC1(C(=O)N2CC[C@@H](NC(=O)c3cnns3)[C@@H]2C2CC2)CC1. The second-order valence-corrected chi connectivity index (χ2v) is 7.83. The average molecular weight is 364 g/mol. The molecule has 1 aromatic rings. The van der Waals surface area contributed by atoms with Crippen molar-refractivity contribution in [3.63, 3.8) is 0 Å². The molecular weight excluding hydrogens is 344 g/mol. The predicted octanol–water partition coefficient (Wildman–Crippen LogP) is -0.152. The molecule has 134 valence electrons. The summed E-state index contributed by atoms with van der Waals surface area (Å²) in [6, 6.07) is -0.782. The maximum atomic E-state index is 13.0. The van der Waals surface area contributed by atoms with E-state index in [1.54, 1.807) is 0 Å². The number of hydrogen-bond donors (Lipinski definition) is 3. The number of hydrogen-bond acceptors (Lipinski definition) is 6. The summed E-state index contributed by atoms with van der Waals surface area (Å²) < 4.78 is 3.71. The number of amides is 4. The van der Waals surface area contributed by atoms with Crippen LogP contribution in [0.1, 0.15) is 41.8 Å². The standard InChI is InChI=1S/C15H20N6O3S/c16-14(24)19-15(4-5-15)13(23)21-6-3-9(11(21)8-1-2-8)18-12(22)10-7-17-20-25-10/h7-9,11H,1-6H2,(H,18,22)(H3,16,19,24)/t9-,11+/m1/s1. The Hall–Kier alpha value is -2.23. The van der Waals surface area contributed by atoms with Gasteiger partial charge in [0.2, 0.25) is 5.91 Å². The zero-order chi connectivity index (χ0) is 17.6. The number of carbonyl (C=O) groups is 3. The van der Waals surface area contributed by atoms with Crippen LogP contribution in [0.15, 0.2) is 6.20 Å². The Morgan fingerprint density at radius 2 is 2.04 bits per heavy atom. The molecule has 2 saturated carbocycles. The molecule has 4 rings (SSSR count). The van der Waals surface area contributed by atoms with E-state index >= 15 is 0 Å². The number of carbonyl (C=O) groups excluding carboxylic acids is 3. The summed E-state index contributed by atoms with van der Waals surface area (Å²) in [6.07, 6.45) is 5.49. The van der Waals surface area contributed by atoms with Crippen molar-refractivity contribution in [3.05, 3.63) is 11.1 Å². The fourth-order valence-corrected chi connectivity index (χ4v) is 4.18. The van der Waals surface area contributed by atoms with Crippen LogP contribution in [0.4, 0.5) is 4.79 Å². The first-order chi connectivity index (χ1) is 12.0. The highest BCUT2D eigenvalue weighted by atomic mass is 32.1. The summed E-state index contributed by atoms with van der Waals surface area (Å²) in [6.45, 7) is 0.577. The van der Waals surface area contributed by atoms with Gasteiger partial charge in [-0.1, -0.05) is 4.49 Å². The summed E-state index contributed by atoms with van der Waals surface area (Å²) in [5.74, 6) is 0.136. The van der Waals surface area contributed by atoms with Crippen molar-refractivity contribution in [2.45, 2.75) is 49.7 Å². The lowest BCUT2D eigenvalue weighted by molar-refractivity contribution is -0.135. The maximum absolute atomic E-state index is 13.0. The van der Waals surface area contributed by atoms with Crippen LogP contribution in [-0.2, 0) is 4.79 Å². The second-order valence-electron chi connectivity index (χ2n) is 7.05. The van der Waals surface area contributed by atoms with E-state index in [1.165, 1.54) is 6.20 Å². The van der Waals surface area contributed by atoms with Crippen LogP contribution in [0.2, 0.25) is 0 Å². The third-order valence-electron chi connectivity index (χ3n) is 5.24. The van der Waals surface area contributed by atoms with Gasteiger partial charge in [0, 0.05) is 6.54 Å². The third kappa shape index (κ3) is 3.06. The van der Waals surface area contributed by atoms with Gasteiger partial charge >= 0.3 is 6.03 Å². The van der Waals surface area contributed by atoms with Crippen molar-refractivity contribution in [1.82, 2.24) is 25.1 Å². The average Bonchev–Trinajstić information content (AvgIpc) is 3.45. The van der Waals surface area contributed by atoms with Crippen LogP contribution in [-0.4, -0.2) is 56.5 Å². The predicted molar refractivity (Wildman–Crippen MR) is 88.7 cm³/mol. The van der Waals surface area contributed by atoms with Crippen LogP contribution in [0.3, 0.4) is 0 Å². The van der Waals surface area contributed by atoms with Gasteiger partial charge in [-0.15, -0.1) is 5.10 Å². The number of nitrogens with two attached hydrogens (primary N) is 1. The number of rotatable bonds is 5. The molecule has 0 spiro atoms. The lowest BCUT2D eigenvalue weighted by Gasteiger charge is -2.31. The Bertz CT molecular complexity index is 700. The number of likely N-dealkylation sites (tertiary alicyclic amines) is 1. The van der Waals surface area contributed by atoms with Crippen molar-refractivity contribution in [3.8, 4) is 0 Å². The van der Waals surface area contributed by atoms with Gasteiger partial charge in [0.25, 0.3) is 5.91 Å². The van der Waals surface area contributed by atoms with Gasteiger partial charge in [0.15, 0.2) is 0 Å². The molecule has 1 aliphatic heterocycles. The Morgan fingerprint density at radius 1 is 1.28 bits per heavy atom. The summed E-state index contributed by atoms with van der Waals surface area (Å²) in [5.41, 5.74) is 4.39. The number of urea groups is 1. The molecule has 0 radical (unpaired) electrons. The molecule has 0 aromatic carbocycles. The molecule has 4 N–H and O–H groups in total. The van der Waals surface area contributed by atoms with E-state index in [-0.39, 0.29) is 23.9 Å². The van der Waals surface area contributed by atoms with Gasteiger partial charge in [-0.3, -0.25) is 9.59 Å². The molecule has 4 amide bonds. The quantitative estimate of drug-likeness (QED) is 0.669. The van der Waals surface area contributed by atoms with E-state index in [2.05, 4.69) is 20.2 Å². The molecule has 2 atom stereocenters. The largest absolute Gasteiger partial charge is 0.352 e. The fraction of sp³-hybridized carbons (Fsp3) is 0.667. The van der Waals surface area contributed by atoms with Crippen LogP contribution >= 0.6 is 11.5 Å². The van der Waals surface area contributed by atoms with E-state index in [0.29, 0.717) is 36.6 Å². The minimum absolute atomic E-state index is 0.0236. The highest BCUT2D eigenvalue weighted by Gasteiger charge is 2.57. The molecule has 2 aliphatic carbocycles. The zero-order valence-electron chi connectivity index (χ0n) is 13.6. The molecule has 10 heteroatoms. The first kappa shape index (κ1) is 16.2. The van der Waals surface area contributed by atoms with Gasteiger partial charge in [0.05, 0.1) is 18.3 Å². The Balaban J connectivity index is 1.48. The van der Waals surface area contributed by atoms with Gasteiger partial charge in [-0.2, -0.15) is 0 Å². The van der Waals surface area contributed by atoms with Gasteiger partial charge in [0.1, 0.15) is 10.4 Å². The number of aromatic nitrogens is 2. The topological polar surface area (TPSA) is 130 Å². The molecule has 25 heavy (non-hydrogen) atoms. The van der Waals surface area contributed by atoms with E-state index < -0.39 is 11.6 Å². The highest BCUT2D eigenvalue weighted by Crippen LogP contribution is 2.44. The van der Waals surface area contributed by atoms with Crippen molar-refractivity contribution in [1.29, 1.82) is 0 Å². The molecule has 1 saturated heterocycles. The Kier molecular flexibility index (Phi) is 3.86. The first-order valence-corrected chi connectivity index (χ1v) is 9.24. The fourth-order valence-electron chi connectivity index (χ4n) is 3.77. The Morgan fingerprint density at radius 3 is 2.60 bits per heavy atom. The minimum atomic E-state index is -0.834. The summed E-state index contributed by atoms with van der Waals surface area (Å²) >= 11 is 1.05. The zero-order valence-corrected chi connectivity index (χ0v) is 14.4. The summed E-state index contributed by atoms with van der Waals surface area (Å²) in [7, 11) is 0. The van der Waals surface area contributed by atoms with Crippen LogP contribution in [0.5, 0.6) is 0 Å². The summed E-state index contributed by atoms with van der Waals surface area (Å²) in [4.78, 5) is 38.8. The normalized spacial score (nSPS) is 27.0. The van der Waals surface area contributed by atoms with Crippen molar-refractivity contribution in [2.75, 3.05) is 6.54 Å². The third-order valence-corrected chi connectivity index (χ3v) is 5.91. The monoisotopic (exact) mass is 364 g/mol. The minimum Gasteiger partial charge on any atom is -0.352 e. The molecule has 1 aromatic heterocycles. The van der Waals surface area contributed by atoms with Crippen LogP contribution in [0.25, 0.3) is 0 Å². The molecular formula is C15H20N6O3S. The molecule has 3 fully saturated rings. The van der Waals surface area contributed by atoms with E-state index in [0.717, 1.165) is 24.4 Å². The number of nitrogens with zero attached hydrogens (tertiary/aromatic N) is 3. The molecule has 2 heterocycles. The summed E-state index contributed by atoms with van der Waals surface area (Å²) in [5, 5.41) is 9.33. The number of nitrogens with one attached hydrogen (secondary N) is 2. The highest BCUT2D eigenvalue weighted by molar-refractivity contribution is 7.07. The van der Waals surface area contributed by atoms with E-state index in [1.807, 2.05) is 4.90 Å². The van der Waals surface area contributed by atoms with Crippen LogP contribution < -0.4 is 16.4 Å². The van der Waals surface area contributed by atoms with E-state index in [9.17, 15) is 14.4 Å². The second kappa shape index (κ2) is 5.94. The molecule has 0 unspecified atom stereocenters. The van der Waals surface area contributed by atoms with Gasteiger partial charge < -0.3 is 21.3 Å². The molecule has 9 nitrogen and oxygen atoms in total. The molecule has 0 bridgehead atoms. The van der Waals surface area contributed by atoms with Gasteiger partial charge in [-0.05, 0) is 49.6 Å². The van der Waals surface area contributed by atoms with E-state index in [4.69, 9.17) is 5.73 Å². The van der Waals surface area contributed by atoms with Crippen LogP contribution in [0, 0.1) is 5.92 Å².